The molecule has 2 N–H and O–H groups in total. The van der Waals surface area contributed by atoms with E-state index in [0.29, 0.717) is 12.1 Å². The molecule has 4 aliphatic rings. The number of aromatic nitrogens is 1. The lowest BCUT2D eigenvalue weighted by atomic mass is 9.88. The highest BCUT2D eigenvalue weighted by Crippen LogP contribution is 2.44. The molecule has 0 spiro atoms. The molecule has 7 rings (SSSR count). The third kappa shape index (κ3) is 5.99. The summed E-state index contributed by atoms with van der Waals surface area (Å²) in [4.78, 5) is 39.1. The predicted molar refractivity (Wildman–Crippen MR) is 184 cm³/mol. The first-order chi connectivity index (χ1) is 21.9. The van der Waals surface area contributed by atoms with E-state index in [4.69, 9.17) is 0 Å². The van der Waals surface area contributed by atoms with Gasteiger partial charge >= 0.3 is 6.03 Å². The number of hydrogen-bond donors (Lipinski definition) is 2. The number of likely N-dealkylation sites (tertiary alicyclic amines) is 1. The van der Waals surface area contributed by atoms with Crippen LogP contribution < -0.4 is 5.32 Å². The van der Waals surface area contributed by atoms with Crippen LogP contribution in [0.15, 0.2) is 24.3 Å². The average molecular weight is 666 g/mol. The number of amides is 3. The van der Waals surface area contributed by atoms with Crippen LogP contribution in [0.5, 0.6) is 0 Å². The fraction of sp³-hybridized carbons (Fsp3) is 0.600. The minimum absolute atomic E-state index is 0.0417. The second-order valence-corrected chi connectivity index (χ2v) is 18.0. The van der Waals surface area contributed by atoms with E-state index in [2.05, 4.69) is 72.1 Å². The van der Waals surface area contributed by atoms with E-state index in [1.54, 1.807) is 16.2 Å². The first kappa shape index (κ1) is 31.7. The van der Waals surface area contributed by atoms with Gasteiger partial charge in [0.05, 0.1) is 22.6 Å². The number of aryl methyl sites for hydroxylation is 2. The third-order valence-electron chi connectivity index (χ3n) is 10.9. The molecule has 4 aliphatic heterocycles. The maximum atomic E-state index is 14.0. The first-order valence-corrected chi connectivity index (χ1v) is 19.6. The van der Waals surface area contributed by atoms with E-state index >= 15 is 0 Å². The topological polar surface area (TPSA) is 106 Å². The second-order valence-electron chi connectivity index (χ2n) is 14.6. The van der Waals surface area contributed by atoms with Crippen LogP contribution in [0, 0.1) is 13.8 Å². The largest absolute Gasteiger partial charge is 0.346 e. The van der Waals surface area contributed by atoms with E-state index in [0.717, 1.165) is 73.6 Å². The normalized spacial score (nSPS) is 24.7. The minimum Gasteiger partial charge on any atom is -0.346 e. The SMILES string of the molecule is Cc1cc(C)cc(-c2[nH]c3sc(C(C)(C)C(=O)N4C5CCC4CC5)cc3c2CCN2CCC(NC(=O)N3CCS(=O)(=O)CC3)C2)c1. The zero-order valence-electron chi connectivity index (χ0n) is 27.5. The van der Waals surface area contributed by atoms with Gasteiger partial charge in [-0.05, 0) is 95.5 Å². The molecule has 0 aliphatic carbocycles. The standard InChI is InChI=1S/C35H47N5O4S2/c1-22-17-23(2)19-24(18-22)31-28(10-12-38-11-9-25(21-38)36-34(42)39-13-15-46(43,44)16-14-39)29-20-30(45-32(29)37-31)35(3,4)33(41)40-26-5-6-27(40)8-7-26/h17-20,25-27,37H,5-16,21H2,1-4H3,(H,36,42). The maximum absolute atomic E-state index is 14.0. The number of benzene rings is 1. The van der Waals surface area contributed by atoms with Crippen LogP contribution in [-0.2, 0) is 26.5 Å². The van der Waals surface area contributed by atoms with Gasteiger partial charge in [-0.15, -0.1) is 11.3 Å². The van der Waals surface area contributed by atoms with Crippen molar-refractivity contribution in [2.75, 3.05) is 44.2 Å². The van der Waals surface area contributed by atoms with Gasteiger partial charge in [0.15, 0.2) is 9.84 Å². The Morgan fingerprint density at radius 2 is 1.61 bits per heavy atom. The number of nitrogens with one attached hydrogen (secondary N) is 2. The number of thiophene rings is 1. The molecule has 1 aromatic carbocycles. The van der Waals surface area contributed by atoms with Crippen LogP contribution in [-0.4, -0.2) is 102 Å². The van der Waals surface area contributed by atoms with Gasteiger partial charge in [0, 0.05) is 61.1 Å². The highest BCUT2D eigenvalue weighted by molar-refractivity contribution is 7.91. The molecule has 0 saturated carbocycles. The van der Waals surface area contributed by atoms with Gasteiger partial charge in [0.1, 0.15) is 4.83 Å². The van der Waals surface area contributed by atoms with Crippen LogP contribution in [0.3, 0.4) is 0 Å². The molecular weight excluding hydrogens is 619 g/mol. The Morgan fingerprint density at radius 1 is 0.957 bits per heavy atom. The summed E-state index contributed by atoms with van der Waals surface area (Å²) >= 11 is 1.72. The fourth-order valence-electron chi connectivity index (χ4n) is 8.24. The Morgan fingerprint density at radius 3 is 2.26 bits per heavy atom. The van der Waals surface area contributed by atoms with Crippen molar-refractivity contribution >= 4 is 43.3 Å². The van der Waals surface area contributed by atoms with Gasteiger partial charge in [-0.3, -0.25) is 4.79 Å². The Bertz CT molecular complexity index is 1720. The van der Waals surface area contributed by atoms with Crippen LogP contribution in [0.2, 0.25) is 0 Å². The zero-order valence-corrected chi connectivity index (χ0v) is 29.2. The molecule has 248 valence electrons. The van der Waals surface area contributed by atoms with Crippen molar-refractivity contribution < 1.29 is 18.0 Å². The van der Waals surface area contributed by atoms with E-state index < -0.39 is 15.3 Å². The van der Waals surface area contributed by atoms with Gasteiger partial charge in [-0.2, -0.15) is 0 Å². The lowest BCUT2D eigenvalue weighted by molar-refractivity contribution is -0.137. The summed E-state index contributed by atoms with van der Waals surface area (Å²) in [6, 6.07) is 9.70. The zero-order chi connectivity index (χ0) is 32.4. The van der Waals surface area contributed by atoms with Crippen LogP contribution in [0.1, 0.15) is 67.5 Å². The third-order valence-corrected chi connectivity index (χ3v) is 13.8. The van der Waals surface area contributed by atoms with Crippen molar-refractivity contribution in [3.8, 4) is 11.3 Å². The molecule has 11 heteroatoms. The molecular formula is C35H47N5O4S2. The number of H-pyrrole nitrogens is 1. The number of sulfone groups is 1. The smallest absolute Gasteiger partial charge is 0.317 e. The van der Waals surface area contributed by atoms with E-state index in [1.807, 2.05) is 0 Å². The summed E-state index contributed by atoms with van der Waals surface area (Å²) < 4.78 is 23.6. The molecule has 1 unspecified atom stereocenters. The van der Waals surface area contributed by atoms with E-state index in [9.17, 15) is 18.0 Å². The highest BCUT2D eigenvalue weighted by atomic mass is 32.2. The number of carbonyl (C=O) groups excluding carboxylic acids is 2. The van der Waals surface area contributed by atoms with Crippen molar-refractivity contribution in [3.63, 3.8) is 0 Å². The number of aromatic amines is 1. The minimum atomic E-state index is -3.03. The summed E-state index contributed by atoms with van der Waals surface area (Å²) in [5, 5.41) is 4.36. The van der Waals surface area contributed by atoms with Crippen molar-refractivity contribution in [2.45, 2.75) is 89.8 Å². The van der Waals surface area contributed by atoms with Crippen molar-refractivity contribution in [1.29, 1.82) is 0 Å². The number of nitrogens with zero attached hydrogens (tertiary/aromatic N) is 3. The van der Waals surface area contributed by atoms with Crippen molar-refractivity contribution in [1.82, 2.24) is 25.0 Å². The van der Waals surface area contributed by atoms with E-state index in [-0.39, 0.29) is 42.6 Å². The number of urea groups is 1. The Kier molecular flexibility index (Phi) is 8.25. The predicted octanol–water partition coefficient (Wildman–Crippen LogP) is 5.00. The van der Waals surface area contributed by atoms with Gasteiger partial charge < -0.3 is 25.0 Å². The van der Waals surface area contributed by atoms with Crippen molar-refractivity contribution in [3.05, 3.63) is 45.8 Å². The van der Waals surface area contributed by atoms with Crippen LogP contribution in [0.4, 0.5) is 4.79 Å². The quantitative estimate of drug-likeness (QED) is 0.370. The lowest BCUT2D eigenvalue weighted by Crippen LogP contribution is -2.51. The van der Waals surface area contributed by atoms with Crippen LogP contribution in [0.25, 0.3) is 21.5 Å². The Hall–Kier alpha value is -2.89. The molecule has 3 amide bonds. The number of carbonyl (C=O) groups is 2. The molecule has 1 atom stereocenters. The number of fused-ring (bicyclic) bond motifs is 3. The van der Waals surface area contributed by atoms with Crippen LogP contribution >= 0.6 is 11.3 Å². The van der Waals surface area contributed by atoms with Gasteiger partial charge in [-0.25, -0.2) is 13.2 Å². The summed E-state index contributed by atoms with van der Waals surface area (Å²) in [5.74, 6) is 0.356. The van der Waals surface area contributed by atoms with Gasteiger partial charge in [0.25, 0.3) is 0 Å². The fourth-order valence-corrected chi connectivity index (χ4v) is 10.6. The summed E-state index contributed by atoms with van der Waals surface area (Å²) in [5.41, 5.74) is 5.52. The monoisotopic (exact) mass is 665 g/mol. The molecule has 6 heterocycles. The summed E-state index contributed by atoms with van der Waals surface area (Å²) in [6.45, 7) is 11.6. The number of rotatable bonds is 7. The molecule has 2 bridgehead atoms. The lowest BCUT2D eigenvalue weighted by Gasteiger charge is -2.31. The Balaban J connectivity index is 1.09. The van der Waals surface area contributed by atoms with Gasteiger partial charge in [-0.1, -0.05) is 17.2 Å². The second kappa shape index (κ2) is 12.0. The first-order valence-electron chi connectivity index (χ1n) is 16.9. The highest BCUT2D eigenvalue weighted by Gasteiger charge is 2.47. The molecule has 2 aromatic heterocycles. The molecule has 4 fully saturated rings. The number of hydrogen-bond acceptors (Lipinski definition) is 6. The molecule has 3 aromatic rings. The maximum Gasteiger partial charge on any atom is 0.317 e. The molecule has 9 nitrogen and oxygen atoms in total. The molecule has 4 saturated heterocycles. The summed E-state index contributed by atoms with van der Waals surface area (Å²) in [6.07, 6.45) is 6.31. The molecule has 46 heavy (non-hydrogen) atoms. The van der Waals surface area contributed by atoms with E-state index in [1.165, 1.54) is 27.6 Å². The molecule has 0 radical (unpaired) electrons. The summed E-state index contributed by atoms with van der Waals surface area (Å²) in [7, 11) is -3.03. The average Bonchev–Trinajstić information content (AvgIpc) is 3.82. The Labute approximate surface area is 276 Å². The van der Waals surface area contributed by atoms with Crippen molar-refractivity contribution in [2.24, 2.45) is 0 Å². The van der Waals surface area contributed by atoms with Gasteiger partial charge in [0.2, 0.25) is 5.91 Å².